The number of esters is 1. The van der Waals surface area contributed by atoms with Gasteiger partial charge >= 0.3 is 5.97 Å². The van der Waals surface area contributed by atoms with Crippen LogP contribution < -0.4 is 0 Å². The summed E-state index contributed by atoms with van der Waals surface area (Å²) in [6.07, 6.45) is 13.3. The lowest BCUT2D eigenvalue weighted by atomic mass is 9.64. The highest BCUT2D eigenvalue weighted by Crippen LogP contribution is 2.45. The number of methoxy groups -OCH3 is 1. The van der Waals surface area contributed by atoms with Crippen LogP contribution in [0.25, 0.3) is 6.08 Å². The third kappa shape index (κ3) is 4.89. The van der Waals surface area contributed by atoms with Gasteiger partial charge in [0.25, 0.3) is 0 Å². The summed E-state index contributed by atoms with van der Waals surface area (Å²) in [6, 6.07) is 3.68. The molecule has 0 aliphatic heterocycles. The zero-order valence-corrected chi connectivity index (χ0v) is 16.1. The lowest BCUT2D eigenvalue weighted by Crippen LogP contribution is -2.48. The highest BCUT2D eigenvalue weighted by Gasteiger charge is 2.47. The van der Waals surface area contributed by atoms with Crippen molar-refractivity contribution in [2.45, 2.75) is 32.8 Å². The van der Waals surface area contributed by atoms with Crippen LogP contribution in [-0.2, 0) is 14.3 Å². The Labute approximate surface area is 159 Å². The molecule has 1 N–H and O–H groups in total. The molecule has 0 aromatic carbocycles. The minimum atomic E-state index is -1.37. The fraction of sp³-hybridized carbons (Fsp3) is 0.318. The Balaban J connectivity index is 2.42. The Morgan fingerprint density at radius 3 is 2.56 bits per heavy atom. The molecule has 5 heteroatoms. The molecule has 0 radical (unpaired) electrons. The smallest absolute Gasteiger partial charge is 0.330 e. The molecule has 5 nitrogen and oxygen atoms in total. The first-order chi connectivity index (χ1) is 12.7. The maximum atomic E-state index is 12.2. The van der Waals surface area contributed by atoms with E-state index in [-0.39, 0.29) is 12.2 Å². The Bertz CT molecular complexity index is 831. The zero-order chi connectivity index (χ0) is 20.1. The molecule has 1 atom stereocenters. The van der Waals surface area contributed by atoms with Gasteiger partial charge in [-0.1, -0.05) is 32.1 Å². The maximum absolute atomic E-state index is 12.2. The van der Waals surface area contributed by atoms with E-state index in [1.54, 1.807) is 37.5 Å². The van der Waals surface area contributed by atoms with E-state index in [9.17, 15) is 14.7 Å². The summed E-state index contributed by atoms with van der Waals surface area (Å²) in [7, 11) is 1.31. The van der Waals surface area contributed by atoms with Crippen molar-refractivity contribution in [1.29, 1.82) is 0 Å². The molecule has 0 unspecified atom stereocenters. The van der Waals surface area contributed by atoms with Gasteiger partial charge in [-0.05, 0) is 47.9 Å². The minimum Gasteiger partial charge on any atom is -0.466 e. The third-order valence-electron chi connectivity index (χ3n) is 4.70. The van der Waals surface area contributed by atoms with Crippen molar-refractivity contribution in [2.75, 3.05) is 7.11 Å². The molecule has 1 aromatic rings. The Hall–Kier alpha value is -2.79. The predicted octanol–water partition coefficient (Wildman–Crippen LogP) is 3.43. The van der Waals surface area contributed by atoms with Gasteiger partial charge in [-0.25, -0.2) is 4.79 Å². The van der Waals surface area contributed by atoms with Crippen LogP contribution in [0.5, 0.6) is 0 Å². The van der Waals surface area contributed by atoms with Gasteiger partial charge in [0.1, 0.15) is 5.60 Å². The number of aromatic nitrogens is 1. The molecule has 1 aromatic heterocycles. The predicted molar refractivity (Wildman–Crippen MR) is 105 cm³/mol. The fourth-order valence-corrected chi connectivity index (χ4v) is 3.00. The summed E-state index contributed by atoms with van der Waals surface area (Å²) >= 11 is 0. The van der Waals surface area contributed by atoms with Gasteiger partial charge in [0.15, 0.2) is 5.78 Å². The van der Waals surface area contributed by atoms with E-state index in [1.165, 1.54) is 19.3 Å². The number of nitrogens with zero attached hydrogens (tertiary/aromatic N) is 1. The largest absolute Gasteiger partial charge is 0.466 e. The average Bonchev–Trinajstić information content (AvgIpc) is 2.62. The van der Waals surface area contributed by atoms with Crippen molar-refractivity contribution in [3.05, 3.63) is 71.6 Å². The van der Waals surface area contributed by atoms with Crippen LogP contribution in [0.3, 0.4) is 0 Å². The van der Waals surface area contributed by atoms with Gasteiger partial charge in [-0.3, -0.25) is 9.78 Å². The van der Waals surface area contributed by atoms with Crippen molar-refractivity contribution in [3.63, 3.8) is 0 Å². The van der Waals surface area contributed by atoms with Crippen LogP contribution in [0.1, 0.15) is 32.8 Å². The Kier molecular flexibility index (Phi) is 6.28. The molecule has 0 saturated heterocycles. The number of rotatable bonds is 5. The quantitative estimate of drug-likeness (QED) is 0.490. The SMILES string of the molecule is COC(=O)/C=C(C)\C=C\[C@@]1(O)C(/C=C/c2ccncc2)=CC(=O)CC1(C)C. The monoisotopic (exact) mass is 367 g/mol. The van der Waals surface area contributed by atoms with Crippen molar-refractivity contribution in [1.82, 2.24) is 4.98 Å². The van der Waals surface area contributed by atoms with Crippen LogP contribution in [-0.4, -0.2) is 34.6 Å². The van der Waals surface area contributed by atoms with E-state index >= 15 is 0 Å². The molecule has 0 bridgehead atoms. The van der Waals surface area contributed by atoms with Crippen LogP contribution >= 0.6 is 0 Å². The average molecular weight is 367 g/mol. The second kappa shape index (κ2) is 8.27. The van der Waals surface area contributed by atoms with E-state index < -0.39 is 17.0 Å². The molecule has 0 fully saturated rings. The summed E-state index contributed by atoms with van der Waals surface area (Å²) in [5.41, 5.74) is -0.0213. The second-order valence-corrected chi connectivity index (χ2v) is 7.25. The zero-order valence-electron chi connectivity index (χ0n) is 16.1. The summed E-state index contributed by atoms with van der Waals surface area (Å²) in [5.74, 6) is -0.496. The molecule has 0 saturated carbocycles. The first kappa shape index (κ1) is 20.5. The molecule has 1 aliphatic rings. The first-order valence-corrected chi connectivity index (χ1v) is 8.69. The van der Waals surface area contributed by atoms with Crippen LogP contribution in [0, 0.1) is 5.41 Å². The molecule has 142 valence electrons. The van der Waals surface area contributed by atoms with Crippen LogP contribution in [0.15, 0.2) is 66.1 Å². The molecule has 1 aliphatic carbocycles. The van der Waals surface area contributed by atoms with Gasteiger partial charge in [0.2, 0.25) is 0 Å². The number of pyridine rings is 1. The van der Waals surface area contributed by atoms with E-state index in [0.717, 1.165) is 5.56 Å². The van der Waals surface area contributed by atoms with E-state index in [4.69, 9.17) is 0 Å². The summed E-state index contributed by atoms with van der Waals surface area (Å²) in [5, 5.41) is 11.5. The first-order valence-electron chi connectivity index (χ1n) is 8.69. The van der Waals surface area contributed by atoms with E-state index in [2.05, 4.69) is 9.72 Å². The Morgan fingerprint density at radius 2 is 1.93 bits per heavy atom. The van der Waals surface area contributed by atoms with Crippen molar-refractivity contribution < 1.29 is 19.4 Å². The number of ketones is 1. The van der Waals surface area contributed by atoms with Crippen LogP contribution in [0.2, 0.25) is 0 Å². The molecule has 27 heavy (non-hydrogen) atoms. The molecule has 0 amide bonds. The topological polar surface area (TPSA) is 76.5 Å². The lowest BCUT2D eigenvalue weighted by Gasteiger charge is -2.44. The molecule has 1 heterocycles. The summed E-state index contributed by atoms with van der Waals surface area (Å²) in [6.45, 7) is 5.44. The Morgan fingerprint density at radius 1 is 1.26 bits per heavy atom. The standard InChI is InChI=1S/C22H25NO4/c1-16(13-20(25)27-4)7-10-22(26)18(14-19(24)15-21(22,2)3)6-5-17-8-11-23-12-9-17/h5-14,26H,15H2,1-4H3/b6-5+,10-7+,16-13-/t22-/m1/s1. The van der Waals surface area contributed by atoms with Crippen molar-refractivity contribution >= 4 is 17.8 Å². The van der Waals surface area contributed by atoms with Gasteiger partial charge in [-0.2, -0.15) is 0 Å². The van der Waals surface area contributed by atoms with Gasteiger partial charge < -0.3 is 9.84 Å². The molecular weight excluding hydrogens is 342 g/mol. The van der Waals surface area contributed by atoms with Crippen molar-refractivity contribution in [3.8, 4) is 0 Å². The number of aliphatic hydroxyl groups is 1. The number of allylic oxidation sites excluding steroid dienone is 3. The number of ether oxygens (including phenoxy) is 1. The van der Waals surface area contributed by atoms with Gasteiger partial charge in [0.05, 0.1) is 7.11 Å². The van der Waals surface area contributed by atoms with Gasteiger partial charge in [-0.15, -0.1) is 0 Å². The normalized spacial score (nSPS) is 22.9. The van der Waals surface area contributed by atoms with E-state index in [0.29, 0.717) is 11.1 Å². The summed E-state index contributed by atoms with van der Waals surface area (Å²) < 4.78 is 4.62. The number of hydrogen-bond acceptors (Lipinski definition) is 5. The van der Waals surface area contributed by atoms with Gasteiger partial charge in [0, 0.05) is 30.3 Å². The minimum absolute atomic E-state index is 0.0331. The molecule has 0 spiro atoms. The number of carbonyl (C=O) groups excluding carboxylic acids is 2. The summed E-state index contributed by atoms with van der Waals surface area (Å²) in [4.78, 5) is 27.5. The number of hydrogen-bond donors (Lipinski definition) is 1. The second-order valence-electron chi connectivity index (χ2n) is 7.25. The fourth-order valence-electron chi connectivity index (χ4n) is 3.00. The lowest BCUT2D eigenvalue weighted by molar-refractivity contribution is -0.134. The number of carbonyl (C=O) groups is 2. The molecule has 2 rings (SSSR count). The van der Waals surface area contributed by atoms with E-state index in [1.807, 2.05) is 32.1 Å². The van der Waals surface area contributed by atoms with Crippen LogP contribution in [0.4, 0.5) is 0 Å². The highest BCUT2D eigenvalue weighted by atomic mass is 16.5. The van der Waals surface area contributed by atoms with Crippen molar-refractivity contribution in [2.24, 2.45) is 5.41 Å². The third-order valence-corrected chi connectivity index (χ3v) is 4.70. The maximum Gasteiger partial charge on any atom is 0.330 e. The highest BCUT2D eigenvalue weighted by molar-refractivity contribution is 5.94. The molecular formula is C22H25NO4.